The molecule has 0 spiro atoms. The number of rotatable bonds is 5. The van der Waals surface area contributed by atoms with Gasteiger partial charge in [-0.25, -0.2) is 4.98 Å². The Kier molecular flexibility index (Phi) is 5.56. The maximum Gasteiger partial charge on any atom is 1.00 e. The van der Waals surface area contributed by atoms with E-state index < -0.39 is 42.3 Å². The van der Waals surface area contributed by atoms with Crippen LogP contribution in [0.15, 0.2) is 18.2 Å². The number of nitrogens with zero attached hydrogens (tertiary/aromatic N) is 3. The fourth-order valence-corrected chi connectivity index (χ4v) is 5.31. The summed E-state index contributed by atoms with van der Waals surface area (Å²) in [5.41, 5.74) is 0.353. The van der Waals surface area contributed by atoms with Gasteiger partial charge >= 0.3 is 29.6 Å². The predicted octanol–water partition coefficient (Wildman–Crippen LogP) is -4.11. The number of carbonyl (C=O) groups excluding carboxylic acids is 3. The summed E-state index contributed by atoms with van der Waals surface area (Å²) in [7, 11) is 0. The normalized spacial score (nSPS) is 24.8. The van der Waals surface area contributed by atoms with Crippen molar-refractivity contribution in [2.24, 2.45) is 11.8 Å². The Hall–Kier alpha value is -1.56. The first-order chi connectivity index (χ1) is 12.8. The molecule has 2 aliphatic rings. The van der Waals surface area contributed by atoms with E-state index in [2.05, 4.69) is 4.98 Å². The van der Waals surface area contributed by atoms with E-state index in [0.717, 1.165) is 11.3 Å². The quantitative estimate of drug-likeness (QED) is 0.289. The van der Waals surface area contributed by atoms with E-state index in [1.807, 2.05) is 0 Å². The zero-order chi connectivity index (χ0) is 19.6. The minimum atomic E-state index is -1.46. The van der Waals surface area contributed by atoms with Crippen molar-refractivity contribution in [3.05, 3.63) is 28.8 Å². The number of aliphatic hydroxyl groups excluding tert-OH is 2. The summed E-state index contributed by atoms with van der Waals surface area (Å²) < 4.78 is 1.58. The van der Waals surface area contributed by atoms with Crippen molar-refractivity contribution in [1.82, 2.24) is 14.3 Å². The van der Waals surface area contributed by atoms with E-state index in [0.29, 0.717) is 15.3 Å². The zero-order valence-corrected chi connectivity index (χ0v) is 18.3. The van der Waals surface area contributed by atoms with Gasteiger partial charge in [0.15, 0.2) is 0 Å². The molecule has 0 saturated carbocycles. The standard InChI is InChI=1S/C17H17N3O6S.Na/c1-6-10(9-3-19-5-18-12(8(23)4-21)16(19)27-9)14(17(25)26)20-13(6)11(7(2)22)15(20)24;/h3,5-7,11,13,21-22H,4H2,1-2H3,(H,25,26);/q;+1/p-1/t6-,7+,11+,13+;/m0./s1. The second-order valence-electron chi connectivity index (χ2n) is 6.79. The molecule has 4 atom stereocenters. The average molecular weight is 413 g/mol. The maximum absolute atomic E-state index is 12.4. The number of imidazole rings is 1. The van der Waals surface area contributed by atoms with Crippen LogP contribution in [0.25, 0.3) is 10.4 Å². The first-order valence-electron chi connectivity index (χ1n) is 8.35. The molecule has 1 fully saturated rings. The molecule has 11 heteroatoms. The molecule has 2 aliphatic heterocycles. The zero-order valence-electron chi connectivity index (χ0n) is 15.4. The average Bonchev–Trinajstić information content (AvgIpc) is 3.23. The number of thiazole rings is 1. The Morgan fingerprint density at radius 2 is 2.11 bits per heavy atom. The first-order valence-corrected chi connectivity index (χ1v) is 9.17. The SMILES string of the molecule is C[C@@H](O)[C@H]1C(=O)N2C(C(=O)[O-])=C(c3cn4cnc(C(=O)CO)c4s3)[C@H](C)[C@H]12.[Na+]. The van der Waals surface area contributed by atoms with Crippen LogP contribution in [-0.2, 0) is 9.59 Å². The summed E-state index contributed by atoms with van der Waals surface area (Å²) in [6.45, 7) is 2.64. The van der Waals surface area contributed by atoms with E-state index in [1.54, 1.807) is 17.5 Å². The Balaban J connectivity index is 0.00000225. The number of fused-ring (bicyclic) bond motifs is 2. The van der Waals surface area contributed by atoms with Crippen LogP contribution in [0.3, 0.4) is 0 Å². The molecule has 4 heterocycles. The van der Waals surface area contributed by atoms with Gasteiger partial charge in [0.25, 0.3) is 0 Å². The van der Waals surface area contributed by atoms with Crippen LogP contribution in [0, 0.1) is 11.8 Å². The topological polar surface area (TPSA) is 135 Å². The number of hydrogen-bond donors (Lipinski definition) is 2. The Labute approximate surface area is 185 Å². The van der Waals surface area contributed by atoms with Gasteiger partial charge in [0.1, 0.15) is 23.5 Å². The van der Waals surface area contributed by atoms with E-state index >= 15 is 0 Å². The largest absolute Gasteiger partial charge is 1.00 e. The minimum absolute atomic E-state index is 0. The van der Waals surface area contributed by atoms with Crippen molar-refractivity contribution >= 4 is 39.4 Å². The fourth-order valence-electron chi connectivity index (χ4n) is 4.07. The first kappa shape index (κ1) is 21.2. The van der Waals surface area contributed by atoms with Crippen molar-refractivity contribution in [3.63, 3.8) is 0 Å². The molecule has 1 amide bonds. The van der Waals surface area contributed by atoms with Crippen LogP contribution in [0.2, 0.25) is 0 Å². The van der Waals surface area contributed by atoms with E-state index in [4.69, 9.17) is 5.11 Å². The van der Waals surface area contributed by atoms with Crippen LogP contribution >= 0.6 is 11.3 Å². The van der Waals surface area contributed by atoms with Crippen LogP contribution in [0.4, 0.5) is 0 Å². The van der Waals surface area contributed by atoms with Gasteiger partial charge in [0, 0.05) is 17.7 Å². The molecule has 28 heavy (non-hydrogen) atoms. The summed E-state index contributed by atoms with van der Waals surface area (Å²) in [5.74, 6) is -3.42. The fraction of sp³-hybridized carbons (Fsp3) is 0.412. The monoisotopic (exact) mass is 413 g/mol. The number of aliphatic hydroxyl groups is 2. The van der Waals surface area contributed by atoms with Crippen molar-refractivity contribution in [2.75, 3.05) is 6.61 Å². The summed E-state index contributed by atoms with van der Waals surface area (Å²) in [6, 6.07) is -0.446. The molecule has 1 saturated heterocycles. The van der Waals surface area contributed by atoms with Crippen LogP contribution in [0.1, 0.15) is 29.2 Å². The molecule has 0 bridgehead atoms. The number of ketones is 1. The molecule has 2 aromatic rings. The number of carboxylic acid groups (broad SMARTS) is 1. The summed E-state index contributed by atoms with van der Waals surface area (Å²) in [4.78, 5) is 42.2. The second kappa shape index (κ2) is 7.36. The van der Waals surface area contributed by atoms with E-state index in [1.165, 1.54) is 18.2 Å². The van der Waals surface area contributed by atoms with Gasteiger partial charge in [0.05, 0.1) is 34.6 Å². The molecule has 9 nitrogen and oxygen atoms in total. The van der Waals surface area contributed by atoms with E-state index in [9.17, 15) is 24.6 Å². The maximum atomic E-state index is 12.4. The third-order valence-electron chi connectivity index (χ3n) is 5.25. The van der Waals surface area contributed by atoms with E-state index in [-0.39, 0.29) is 46.9 Å². The Morgan fingerprint density at radius 1 is 1.43 bits per heavy atom. The number of aliphatic carboxylic acids is 1. The van der Waals surface area contributed by atoms with Crippen LogP contribution in [-0.4, -0.2) is 60.9 Å². The summed E-state index contributed by atoms with van der Waals surface area (Å²) >= 11 is 1.16. The number of carbonyl (C=O) groups is 3. The molecular formula is C17H16N3NaO6S. The molecule has 0 aromatic carbocycles. The Morgan fingerprint density at radius 3 is 2.68 bits per heavy atom. The van der Waals surface area contributed by atoms with Crippen LogP contribution < -0.4 is 34.7 Å². The molecule has 2 N–H and O–H groups in total. The van der Waals surface area contributed by atoms with Gasteiger partial charge in [-0.2, -0.15) is 0 Å². The van der Waals surface area contributed by atoms with Gasteiger partial charge in [-0.3, -0.25) is 14.0 Å². The van der Waals surface area contributed by atoms with Crippen molar-refractivity contribution in [2.45, 2.75) is 26.0 Å². The van der Waals surface area contributed by atoms with Gasteiger partial charge in [-0.05, 0) is 6.92 Å². The summed E-state index contributed by atoms with van der Waals surface area (Å²) in [5, 5.41) is 30.8. The van der Waals surface area contributed by atoms with Crippen molar-refractivity contribution in [3.8, 4) is 0 Å². The minimum Gasteiger partial charge on any atom is -0.543 e. The number of aromatic nitrogens is 2. The molecule has 2 aromatic heterocycles. The van der Waals surface area contributed by atoms with Crippen molar-refractivity contribution < 1.29 is 59.3 Å². The number of Topliss-reactive ketones (excluding diaryl/α,β-unsaturated/α-hetero) is 1. The third kappa shape index (κ3) is 2.78. The molecular weight excluding hydrogens is 397 g/mol. The van der Waals surface area contributed by atoms with Gasteiger partial charge in [0.2, 0.25) is 11.7 Å². The van der Waals surface area contributed by atoms with Crippen molar-refractivity contribution in [1.29, 1.82) is 0 Å². The van der Waals surface area contributed by atoms with Gasteiger partial charge in [-0.1, -0.05) is 6.92 Å². The Bertz CT molecular complexity index is 1030. The molecule has 4 rings (SSSR count). The molecule has 0 radical (unpaired) electrons. The smallest absolute Gasteiger partial charge is 0.543 e. The summed E-state index contributed by atoms with van der Waals surface area (Å²) in [6.07, 6.45) is 2.17. The van der Waals surface area contributed by atoms with Crippen LogP contribution in [0.5, 0.6) is 0 Å². The molecule has 142 valence electrons. The van der Waals surface area contributed by atoms with Gasteiger partial charge < -0.3 is 25.0 Å². The second-order valence-corrected chi connectivity index (χ2v) is 7.82. The predicted molar refractivity (Wildman–Crippen MR) is 91.4 cm³/mol. The number of carboxylic acids is 1. The molecule has 0 aliphatic carbocycles. The number of amides is 1. The van der Waals surface area contributed by atoms with Gasteiger partial charge in [-0.15, -0.1) is 11.3 Å². The molecule has 0 unspecified atom stereocenters. The number of β-lactam (4-membered cyclic amide) rings is 1. The number of hydrogen-bond acceptors (Lipinski definition) is 8. The third-order valence-corrected chi connectivity index (χ3v) is 6.39.